The first kappa shape index (κ1) is 17.9. The van der Waals surface area contributed by atoms with E-state index in [0.29, 0.717) is 21.5 Å². The lowest BCUT2D eigenvalue weighted by Gasteiger charge is -2.09. The van der Waals surface area contributed by atoms with E-state index in [9.17, 15) is 9.18 Å². The molecule has 0 radical (unpaired) electrons. The zero-order chi connectivity index (χ0) is 16.8. The van der Waals surface area contributed by atoms with E-state index >= 15 is 0 Å². The molecular formula is C16H14Cl2FNO2S. The number of carbonyl (C=O) groups excluding carboxylic acids is 1. The number of hydrogen-bond acceptors (Lipinski definition) is 3. The third kappa shape index (κ3) is 5.03. The van der Waals surface area contributed by atoms with Crippen molar-refractivity contribution in [3.05, 3.63) is 57.8 Å². The third-order valence-electron chi connectivity index (χ3n) is 2.95. The van der Waals surface area contributed by atoms with Gasteiger partial charge >= 0.3 is 0 Å². The lowest BCUT2D eigenvalue weighted by atomic mass is 10.2. The molecule has 0 bridgehead atoms. The molecule has 0 atom stereocenters. The molecule has 0 saturated heterocycles. The minimum Gasteiger partial charge on any atom is -0.494 e. The van der Waals surface area contributed by atoms with Gasteiger partial charge in [0.2, 0.25) is 5.91 Å². The van der Waals surface area contributed by atoms with Gasteiger partial charge in [-0.3, -0.25) is 4.79 Å². The zero-order valence-corrected chi connectivity index (χ0v) is 14.6. The van der Waals surface area contributed by atoms with Crippen LogP contribution in [0, 0.1) is 5.82 Å². The van der Waals surface area contributed by atoms with Gasteiger partial charge in [0, 0.05) is 5.75 Å². The number of rotatable bonds is 6. The smallest absolute Gasteiger partial charge is 0.234 e. The second-order valence-corrected chi connectivity index (χ2v) is 6.41. The van der Waals surface area contributed by atoms with Gasteiger partial charge in [-0.1, -0.05) is 35.3 Å². The number of amides is 1. The van der Waals surface area contributed by atoms with Crippen LogP contribution in [0.15, 0.2) is 36.4 Å². The molecule has 1 amide bonds. The summed E-state index contributed by atoms with van der Waals surface area (Å²) in [5.74, 6) is 0.265. The fourth-order valence-corrected chi connectivity index (χ4v) is 3.12. The van der Waals surface area contributed by atoms with E-state index in [-0.39, 0.29) is 17.4 Å². The summed E-state index contributed by atoms with van der Waals surface area (Å²) in [5.41, 5.74) is 1.17. The highest BCUT2D eigenvalue weighted by atomic mass is 35.5. The molecule has 0 unspecified atom stereocenters. The van der Waals surface area contributed by atoms with E-state index in [1.807, 2.05) is 0 Å². The van der Waals surface area contributed by atoms with E-state index in [2.05, 4.69) is 5.32 Å². The first-order chi connectivity index (χ1) is 11.0. The lowest BCUT2D eigenvalue weighted by Crippen LogP contribution is -2.14. The van der Waals surface area contributed by atoms with Crippen LogP contribution < -0.4 is 10.1 Å². The molecule has 122 valence electrons. The van der Waals surface area contributed by atoms with Gasteiger partial charge in [-0.15, -0.1) is 11.8 Å². The van der Waals surface area contributed by atoms with Gasteiger partial charge < -0.3 is 10.1 Å². The van der Waals surface area contributed by atoms with Gasteiger partial charge in [0.25, 0.3) is 0 Å². The molecule has 0 spiro atoms. The second kappa shape index (κ2) is 8.43. The molecule has 0 fully saturated rings. The summed E-state index contributed by atoms with van der Waals surface area (Å²) in [6.45, 7) is 0. The highest BCUT2D eigenvalue weighted by molar-refractivity contribution is 7.99. The molecule has 2 aromatic rings. The van der Waals surface area contributed by atoms with Crippen molar-refractivity contribution in [2.45, 2.75) is 5.75 Å². The Morgan fingerprint density at radius 1 is 1.26 bits per heavy atom. The van der Waals surface area contributed by atoms with Crippen LogP contribution in [0.2, 0.25) is 10.0 Å². The first-order valence-electron chi connectivity index (χ1n) is 6.65. The quantitative estimate of drug-likeness (QED) is 0.772. The Hall–Kier alpha value is -1.43. The SMILES string of the molecule is COc1ccc(CSCC(=O)Nc2c(Cl)cccc2Cl)cc1F. The topological polar surface area (TPSA) is 38.3 Å². The van der Waals surface area contributed by atoms with Crippen molar-refractivity contribution in [2.75, 3.05) is 18.2 Å². The van der Waals surface area contributed by atoms with E-state index in [1.165, 1.54) is 24.9 Å². The Morgan fingerprint density at radius 2 is 1.96 bits per heavy atom. The molecule has 0 aliphatic carbocycles. The number of halogens is 3. The molecule has 0 aromatic heterocycles. The van der Waals surface area contributed by atoms with Crippen molar-refractivity contribution in [2.24, 2.45) is 0 Å². The van der Waals surface area contributed by atoms with Gasteiger partial charge in [0.05, 0.1) is 28.6 Å². The maximum Gasteiger partial charge on any atom is 0.234 e. The summed E-state index contributed by atoms with van der Waals surface area (Å²) < 4.78 is 18.4. The monoisotopic (exact) mass is 373 g/mol. The summed E-state index contributed by atoms with van der Waals surface area (Å²) in [5, 5.41) is 3.44. The van der Waals surface area contributed by atoms with Gasteiger partial charge in [0.15, 0.2) is 11.6 Å². The Morgan fingerprint density at radius 3 is 2.57 bits per heavy atom. The summed E-state index contributed by atoms with van der Waals surface area (Å²) in [4.78, 5) is 11.9. The van der Waals surface area contributed by atoms with E-state index in [1.54, 1.807) is 30.3 Å². The van der Waals surface area contributed by atoms with E-state index in [0.717, 1.165) is 5.56 Å². The number of para-hydroxylation sites is 1. The fourth-order valence-electron chi connectivity index (χ4n) is 1.85. The number of thioether (sulfide) groups is 1. The molecule has 0 heterocycles. The normalized spacial score (nSPS) is 10.4. The Kier molecular flexibility index (Phi) is 6.57. The van der Waals surface area contributed by atoms with Gasteiger partial charge in [-0.2, -0.15) is 0 Å². The van der Waals surface area contributed by atoms with Crippen LogP contribution >= 0.6 is 35.0 Å². The summed E-state index contributed by atoms with van der Waals surface area (Å²) in [6, 6.07) is 9.72. The predicted molar refractivity (Wildman–Crippen MR) is 94.2 cm³/mol. The van der Waals surface area contributed by atoms with Crippen LogP contribution in [-0.2, 0) is 10.5 Å². The van der Waals surface area contributed by atoms with Gasteiger partial charge in [0.1, 0.15) is 0 Å². The average Bonchev–Trinajstić information content (AvgIpc) is 2.51. The lowest BCUT2D eigenvalue weighted by molar-refractivity contribution is -0.113. The van der Waals surface area contributed by atoms with Crippen LogP contribution in [-0.4, -0.2) is 18.8 Å². The van der Waals surface area contributed by atoms with Crippen LogP contribution in [0.3, 0.4) is 0 Å². The number of ether oxygens (including phenoxy) is 1. The second-order valence-electron chi connectivity index (χ2n) is 4.61. The molecule has 2 aromatic carbocycles. The van der Waals surface area contributed by atoms with Crippen LogP contribution in [0.4, 0.5) is 10.1 Å². The van der Waals surface area contributed by atoms with Crippen molar-refractivity contribution < 1.29 is 13.9 Å². The maximum absolute atomic E-state index is 13.6. The van der Waals surface area contributed by atoms with Gasteiger partial charge in [-0.25, -0.2) is 4.39 Å². The molecule has 7 heteroatoms. The van der Waals surface area contributed by atoms with Crippen molar-refractivity contribution >= 4 is 46.6 Å². The molecule has 0 saturated carbocycles. The number of nitrogens with one attached hydrogen (secondary N) is 1. The Balaban J connectivity index is 1.86. The number of hydrogen-bond donors (Lipinski definition) is 1. The number of methoxy groups -OCH3 is 1. The molecular weight excluding hydrogens is 360 g/mol. The van der Waals surface area contributed by atoms with E-state index in [4.69, 9.17) is 27.9 Å². The van der Waals surface area contributed by atoms with Crippen LogP contribution in [0.5, 0.6) is 5.75 Å². The standard InChI is InChI=1S/C16H14Cl2FNO2S/c1-22-14-6-5-10(7-13(14)19)8-23-9-15(21)20-16-11(17)3-2-4-12(16)18/h2-7H,8-9H2,1H3,(H,20,21). The highest BCUT2D eigenvalue weighted by Gasteiger charge is 2.10. The highest BCUT2D eigenvalue weighted by Crippen LogP contribution is 2.30. The number of anilines is 1. The Labute approximate surface area is 148 Å². The average molecular weight is 374 g/mol. The largest absolute Gasteiger partial charge is 0.494 e. The molecule has 0 aliphatic heterocycles. The molecule has 1 N–H and O–H groups in total. The van der Waals surface area contributed by atoms with Crippen molar-refractivity contribution in [1.29, 1.82) is 0 Å². The van der Waals surface area contributed by atoms with Gasteiger partial charge in [-0.05, 0) is 29.8 Å². The van der Waals surface area contributed by atoms with Crippen LogP contribution in [0.1, 0.15) is 5.56 Å². The molecule has 0 aliphatic rings. The van der Waals surface area contributed by atoms with Crippen molar-refractivity contribution in [3.8, 4) is 5.75 Å². The van der Waals surface area contributed by atoms with Crippen LogP contribution in [0.25, 0.3) is 0 Å². The minimum absolute atomic E-state index is 0.199. The Bertz CT molecular complexity index is 692. The van der Waals surface area contributed by atoms with Crippen molar-refractivity contribution in [1.82, 2.24) is 0 Å². The number of carbonyl (C=O) groups is 1. The minimum atomic E-state index is -0.419. The summed E-state index contributed by atoms with van der Waals surface area (Å²) >= 11 is 13.3. The number of benzene rings is 2. The first-order valence-corrected chi connectivity index (χ1v) is 8.56. The molecule has 3 nitrogen and oxygen atoms in total. The predicted octanol–water partition coefficient (Wildman–Crippen LogP) is 5.01. The summed E-state index contributed by atoms with van der Waals surface area (Å²) in [6.07, 6.45) is 0. The van der Waals surface area contributed by atoms with E-state index < -0.39 is 5.82 Å². The molecule has 2 rings (SSSR count). The fraction of sp³-hybridized carbons (Fsp3) is 0.188. The van der Waals surface area contributed by atoms with Crippen molar-refractivity contribution in [3.63, 3.8) is 0 Å². The zero-order valence-electron chi connectivity index (χ0n) is 12.2. The molecule has 23 heavy (non-hydrogen) atoms. The maximum atomic E-state index is 13.6. The third-order valence-corrected chi connectivity index (χ3v) is 4.58. The summed E-state index contributed by atoms with van der Waals surface area (Å²) in [7, 11) is 1.41.